The molecule has 16 nitrogen and oxygen atoms in total. The first-order chi connectivity index (χ1) is 30.2. The summed E-state index contributed by atoms with van der Waals surface area (Å²) in [5, 5.41) is 15.6. The summed E-state index contributed by atoms with van der Waals surface area (Å²) in [4.78, 5) is 80.8. The molecule has 0 radical (unpaired) electrons. The van der Waals surface area contributed by atoms with Gasteiger partial charge in [0.1, 0.15) is 35.4 Å². The largest absolute Gasteiger partial charge is 0.384 e. The number of nitrogens with zero attached hydrogens (tertiary/aromatic N) is 8. The normalized spacial score (nSPS) is 22.4. The molecule has 7 heterocycles. The van der Waals surface area contributed by atoms with Crippen LogP contribution in [0.4, 0.5) is 15.9 Å². The number of carbonyl (C=O) groups excluding carboxylic acids is 5. The van der Waals surface area contributed by atoms with E-state index in [0.29, 0.717) is 31.9 Å². The molecule has 5 amide bonds. The number of amidine groups is 2. The number of benzene rings is 2. The lowest BCUT2D eigenvalue weighted by atomic mass is 10.0. The van der Waals surface area contributed by atoms with Crippen LogP contribution in [0.1, 0.15) is 89.0 Å². The van der Waals surface area contributed by atoms with Crippen LogP contribution in [0.5, 0.6) is 0 Å². The number of aliphatic imine (C=N–C) groups is 1. The van der Waals surface area contributed by atoms with Crippen molar-refractivity contribution < 1.29 is 28.4 Å². The zero-order chi connectivity index (χ0) is 42.7. The number of piperidine rings is 1. The molecule has 0 spiro atoms. The molecule has 3 unspecified atom stereocenters. The SMILES string of the molecule is O=C(CN1CCN(c2cccc(C3CN=C4C=CC(N5CCCC5c5cccc(F)c5)=NN43)n2)CC1)NCCCCCNc1cccc2c1C(=O)N(C1CCC(=O)NC1=O)C2=O. The molecule has 1 aromatic heterocycles. The average Bonchev–Trinajstić information content (AvgIpc) is 4.00. The number of piperazine rings is 1. The molecule has 0 aliphatic carbocycles. The van der Waals surface area contributed by atoms with E-state index in [9.17, 15) is 28.4 Å². The molecule has 62 heavy (non-hydrogen) atoms. The van der Waals surface area contributed by atoms with E-state index in [1.54, 1.807) is 30.3 Å². The summed E-state index contributed by atoms with van der Waals surface area (Å²) in [5.74, 6) is 0.192. The van der Waals surface area contributed by atoms with Gasteiger partial charge < -0.3 is 20.4 Å². The third-order valence-electron chi connectivity index (χ3n) is 12.4. The van der Waals surface area contributed by atoms with Crippen molar-refractivity contribution in [3.8, 4) is 0 Å². The van der Waals surface area contributed by atoms with Gasteiger partial charge in [-0.2, -0.15) is 5.10 Å². The van der Waals surface area contributed by atoms with Crippen molar-refractivity contribution >= 4 is 52.7 Å². The molecule has 0 saturated carbocycles. The molecular formula is C45H50FN11O5. The Kier molecular flexibility index (Phi) is 11.8. The van der Waals surface area contributed by atoms with Crippen LogP contribution in [0, 0.1) is 5.82 Å². The summed E-state index contributed by atoms with van der Waals surface area (Å²) < 4.78 is 14.1. The van der Waals surface area contributed by atoms with E-state index in [2.05, 4.69) is 30.7 Å². The number of anilines is 2. The van der Waals surface area contributed by atoms with Gasteiger partial charge in [-0.15, -0.1) is 0 Å². The number of amides is 5. The standard InChI is InChI=1S/C45H50FN11O5/c46-30-9-4-8-29(26-30)34-13-7-21-55(34)39-17-16-37-49-27-36(57(37)52-39)32-11-6-14-38(50-32)54-24-22-53(23-25-54)28-41(59)48-20-3-1-2-19-47-33-12-5-10-31-42(33)45(62)56(44(31)61)35-15-18-40(58)51-43(35)60/h4-6,8-12,14,16-17,26,34-36,47H,1-3,7,13,15,18-25,27-28H2,(H,48,59)(H,51,58,60). The topological polar surface area (TPSA) is 175 Å². The molecular weight excluding hydrogens is 794 g/mol. The van der Waals surface area contributed by atoms with Crippen molar-refractivity contribution in [2.24, 2.45) is 10.1 Å². The quantitative estimate of drug-likeness (QED) is 0.169. The minimum Gasteiger partial charge on any atom is -0.384 e. The van der Waals surface area contributed by atoms with Crippen LogP contribution in [0.15, 0.2) is 82.9 Å². The van der Waals surface area contributed by atoms with Gasteiger partial charge >= 0.3 is 0 Å². The molecule has 17 heteroatoms. The van der Waals surface area contributed by atoms with Crippen molar-refractivity contribution in [1.82, 2.24) is 35.3 Å². The van der Waals surface area contributed by atoms with Crippen LogP contribution in [0.25, 0.3) is 0 Å². The van der Waals surface area contributed by atoms with Crippen molar-refractivity contribution in [2.45, 2.75) is 63.1 Å². The van der Waals surface area contributed by atoms with E-state index >= 15 is 0 Å². The number of pyridine rings is 1. The lowest BCUT2D eigenvalue weighted by Crippen LogP contribution is -2.54. The van der Waals surface area contributed by atoms with E-state index in [1.165, 1.54) is 6.07 Å². The molecule has 2 aromatic carbocycles. The molecule has 6 aliphatic rings. The number of likely N-dealkylation sites (tertiary alicyclic amines) is 1. The Morgan fingerprint density at radius 3 is 2.47 bits per heavy atom. The highest BCUT2D eigenvalue weighted by Crippen LogP contribution is 2.36. The van der Waals surface area contributed by atoms with Crippen LogP contribution in [-0.4, -0.2) is 131 Å². The summed E-state index contributed by atoms with van der Waals surface area (Å²) in [7, 11) is 0. The van der Waals surface area contributed by atoms with E-state index < -0.39 is 29.7 Å². The van der Waals surface area contributed by atoms with Crippen LogP contribution in [0.2, 0.25) is 0 Å². The third-order valence-corrected chi connectivity index (χ3v) is 12.4. The zero-order valence-electron chi connectivity index (χ0n) is 34.5. The van der Waals surface area contributed by atoms with Gasteiger partial charge in [-0.25, -0.2) is 14.4 Å². The number of unbranched alkanes of at least 4 members (excludes halogenated alkanes) is 2. The average molecular weight is 844 g/mol. The number of hydrogen-bond donors (Lipinski definition) is 3. The summed E-state index contributed by atoms with van der Waals surface area (Å²) in [6.07, 6.45) is 8.56. The Hall–Kier alpha value is -6.49. The number of imide groups is 2. The number of carbonyl (C=O) groups is 5. The molecule has 9 rings (SSSR count). The highest BCUT2D eigenvalue weighted by atomic mass is 19.1. The molecule has 3 atom stereocenters. The van der Waals surface area contributed by atoms with Gasteiger partial charge in [0.2, 0.25) is 17.7 Å². The summed E-state index contributed by atoms with van der Waals surface area (Å²) in [6.45, 7) is 5.80. The number of fused-ring (bicyclic) bond motifs is 2. The van der Waals surface area contributed by atoms with E-state index in [-0.39, 0.29) is 47.8 Å². The van der Waals surface area contributed by atoms with Gasteiger partial charge in [0.15, 0.2) is 0 Å². The Labute approximate surface area is 358 Å². The molecule has 6 aliphatic heterocycles. The van der Waals surface area contributed by atoms with Gasteiger partial charge in [0, 0.05) is 57.9 Å². The highest BCUT2D eigenvalue weighted by Gasteiger charge is 2.45. The number of hydrogen-bond acceptors (Lipinski definition) is 13. The van der Waals surface area contributed by atoms with E-state index in [1.807, 2.05) is 41.4 Å². The lowest BCUT2D eigenvalue weighted by molar-refractivity contribution is -0.136. The summed E-state index contributed by atoms with van der Waals surface area (Å²) in [6, 6.07) is 16.9. The fourth-order valence-corrected chi connectivity index (χ4v) is 9.24. The number of nitrogens with one attached hydrogen (secondary N) is 3. The maximum atomic E-state index is 14.1. The van der Waals surface area contributed by atoms with Crippen molar-refractivity contribution in [3.05, 3.63) is 101 Å². The van der Waals surface area contributed by atoms with Crippen molar-refractivity contribution in [2.75, 3.05) is 69.1 Å². The van der Waals surface area contributed by atoms with E-state index in [0.717, 1.165) is 98.5 Å². The zero-order valence-corrected chi connectivity index (χ0v) is 34.5. The Morgan fingerprint density at radius 1 is 0.823 bits per heavy atom. The second-order valence-electron chi connectivity index (χ2n) is 16.5. The number of hydrazone groups is 1. The fraction of sp³-hybridized carbons (Fsp3) is 0.422. The maximum Gasteiger partial charge on any atom is 0.264 e. The van der Waals surface area contributed by atoms with Gasteiger partial charge in [-0.05, 0) is 92.6 Å². The van der Waals surface area contributed by atoms with Crippen LogP contribution < -0.4 is 20.9 Å². The minimum absolute atomic E-state index is 0.0102. The lowest BCUT2D eigenvalue weighted by Gasteiger charge is -2.35. The monoisotopic (exact) mass is 843 g/mol. The molecule has 3 aromatic rings. The third kappa shape index (κ3) is 8.40. The fourth-order valence-electron chi connectivity index (χ4n) is 9.24. The summed E-state index contributed by atoms with van der Waals surface area (Å²) >= 11 is 0. The molecule has 0 bridgehead atoms. The van der Waals surface area contributed by atoms with Gasteiger partial charge in [-0.3, -0.25) is 44.1 Å². The van der Waals surface area contributed by atoms with Crippen molar-refractivity contribution in [3.63, 3.8) is 0 Å². The van der Waals surface area contributed by atoms with Crippen LogP contribution in [-0.2, 0) is 14.4 Å². The maximum absolute atomic E-state index is 14.1. The Balaban J connectivity index is 0.698. The predicted molar refractivity (Wildman–Crippen MR) is 230 cm³/mol. The van der Waals surface area contributed by atoms with E-state index in [4.69, 9.17) is 15.1 Å². The summed E-state index contributed by atoms with van der Waals surface area (Å²) in [5.41, 5.74) is 2.88. The number of halogens is 1. The number of aromatic nitrogens is 1. The molecule has 3 saturated heterocycles. The first-order valence-corrected chi connectivity index (χ1v) is 21.6. The second kappa shape index (κ2) is 17.8. The predicted octanol–water partition coefficient (Wildman–Crippen LogP) is 3.62. The minimum atomic E-state index is -1.01. The second-order valence-corrected chi connectivity index (χ2v) is 16.5. The Morgan fingerprint density at radius 2 is 1.63 bits per heavy atom. The van der Waals surface area contributed by atoms with Gasteiger partial charge in [-0.1, -0.05) is 24.3 Å². The van der Waals surface area contributed by atoms with Crippen LogP contribution in [0.3, 0.4) is 0 Å². The number of rotatable bonds is 13. The first-order valence-electron chi connectivity index (χ1n) is 21.6. The molecule has 322 valence electrons. The van der Waals surface area contributed by atoms with Gasteiger partial charge in [0.25, 0.3) is 11.8 Å². The first kappa shape index (κ1) is 40.9. The molecule has 3 fully saturated rings. The van der Waals surface area contributed by atoms with Crippen molar-refractivity contribution in [1.29, 1.82) is 0 Å². The highest BCUT2D eigenvalue weighted by molar-refractivity contribution is 6.25. The molecule has 3 N–H and O–H groups in total. The van der Waals surface area contributed by atoms with Gasteiger partial charge in [0.05, 0.1) is 36.0 Å². The van der Waals surface area contributed by atoms with Crippen LogP contribution >= 0.6 is 0 Å². The smallest absolute Gasteiger partial charge is 0.264 e. The Bertz CT molecular complexity index is 2360.